The zero-order valence-electron chi connectivity index (χ0n) is 13.9. The van der Waals surface area contributed by atoms with Crippen molar-refractivity contribution in [3.63, 3.8) is 0 Å². The van der Waals surface area contributed by atoms with Crippen molar-refractivity contribution in [2.24, 2.45) is 5.92 Å². The van der Waals surface area contributed by atoms with Crippen LogP contribution in [0, 0.1) is 5.92 Å². The second-order valence-corrected chi connectivity index (χ2v) is 12.4. The molecule has 0 N–H and O–H groups in total. The summed E-state index contributed by atoms with van der Waals surface area (Å²) in [7, 11) is -1.66. The predicted octanol–water partition coefficient (Wildman–Crippen LogP) is 5.66. The molecule has 0 bridgehead atoms. The average Bonchev–Trinajstić information content (AvgIpc) is 2.45. The zero-order valence-corrected chi connectivity index (χ0v) is 16.4. The first-order valence-corrected chi connectivity index (χ1v) is 12.1. The van der Waals surface area contributed by atoms with E-state index in [1.807, 2.05) is 0 Å². The summed E-state index contributed by atoms with van der Waals surface area (Å²) in [5.41, 5.74) is 2.54. The number of ketones is 1. The third-order valence-electron chi connectivity index (χ3n) is 4.00. The highest BCUT2D eigenvalue weighted by molar-refractivity contribution is 9.10. The molecule has 4 heteroatoms. The fourth-order valence-corrected chi connectivity index (χ4v) is 4.07. The molecule has 0 aliphatic heterocycles. The highest BCUT2D eigenvalue weighted by atomic mass is 79.9. The summed E-state index contributed by atoms with van der Waals surface area (Å²) in [6.45, 7) is 8.37. The van der Waals surface area contributed by atoms with E-state index in [4.69, 9.17) is 4.43 Å². The molecule has 1 aliphatic carbocycles. The van der Waals surface area contributed by atoms with Gasteiger partial charge in [-0.2, -0.15) is 0 Å². The summed E-state index contributed by atoms with van der Waals surface area (Å²) >= 11 is 3.49. The molecule has 1 aromatic rings. The van der Waals surface area contributed by atoms with Gasteiger partial charge in [0.15, 0.2) is 8.32 Å². The number of allylic oxidation sites excluding steroid dienone is 1. The van der Waals surface area contributed by atoms with E-state index in [2.05, 4.69) is 65.9 Å². The van der Waals surface area contributed by atoms with E-state index < -0.39 is 8.32 Å². The van der Waals surface area contributed by atoms with Crippen molar-refractivity contribution < 1.29 is 9.22 Å². The second kappa shape index (κ2) is 7.24. The van der Waals surface area contributed by atoms with Gasteiger partial charge in [0.25, 0.3) is 0 Å². The number of hydrogen-bond acceptors (Lipinski definition) is 2. The third-order valence-corrected chi connectivity index (χ3v) is 5.47. The van der Waals surface area contributed by atoms with Crippen LogP contribution in [0.25, 0.3) is 0 Å². The molecule has 120 valence electrons. The quantitative estimate of drug-likeness (QED) is 0.486. The maximum Gasteiger partial charge on any atom is 0.185 e. The first-order valence-electron chi connectivity index (χ1n) is 7.89. The summed E-state index contributed by atoms with van der Waals surface area (Å²) in [4.78, 5) is 11.6. The van der Waals surface area contributed by atoms with Crippen molar-refractivity contribution >= 4 is 30.0 Å². The number of rotatable bonds is 5. The van der Waals surface area contributed by atoms with E-state index in [1.165, 1.54) is 11.1 Å². The standard InChI is InChI=1S/C18H25BrO2Si/c1-13(20)14-5-7-15(8-6-14)18(21-22(2,3)4)16-9-11-17(19)12-10-16/h7,9-12,14,18H,5-6,8H2,1-4H3/t14-,18+/m1/s1. The lowest BCUT2D eigenvalue weighted by molar-refractivity contribution is -0.120. The van der Waals surface area contributed by atoms with Crippen LogP contribution >= 0.6 is 15.9 Å². The molecular formula is C18H25BrO2Si. The Hall–Kier alpha value is -0.713. The number of carbonyl (C=O) groups is 1. The largest absolute Gasteiger partial charge is 0.407 e. The molecule has 0 fully saturated rings. The van der Waals surface area contributed by atoms with E-state index in [9.17, 15) is 4.79 Å². The van der Waals surface area contributed by atoms with E-state index in [0.717, 1.165) is 23.7 Å². The van der Waals surface area contributed by atoms with Gasteiger partial charge in [-0.15, -0.1) is 0 Å². The number of carbonyl (C=O) groups excluding carboxylic acids is 1. The van der Waals surface area contributed by atoms with Crippen LogP contribution in [0.2, 0.25) is 19.6 Å². The van der Waals surface area contributed by atoms with Crippen LogP contribution in [0.3, 0.4) is 0 Å². The number of hydrogen-bond donors (Lipinski definition) is 0. The lowest BCUT2D eigenvalue weighted by atomic mass is 9.84. The highest BCUT2D eigenvalue weighted by Crippen LogP contribution is 2.37. The molecule has 2 atom stereocenters. The normalized spacial score (nSPS) is 20.4. The maximum absolute atomic E-state index is 11.6. The summed E-state index contributed by atoms with van der Waals surface area (Å²) < 4.78 is 7.55. The van der Waals surface area contributed by atoms with Crippen LogP contribution in [-0.2, 0) is 9.22 Å². The van der Waals surface area contributed by atoms with Gasteiger partial charge >= 0.3 is 0 Å². The van der Waals surface area contributed by atoms with Crippen molar-refractivity contribution in [3.8, 4) is 0 Å². The number of benzene rings is 1. The van der Waals surface area contributed by atoms with E-state index >= 15 is 0 Å². The molecular weight excluding hydrogens is 356 g/mol. The first kappa shape index (κ1) is 17.6. The SMILES string of the molecule is CC(=O)[C@@H]1CC=C([C@H](O[Si](C)(C)C)c2ccc(Br)cc2)CC1. The van der Waals surface area contributed by atoms with Crippen LogP contribution in [0.4, 0.5) is 0 Å². The molecule has 0 aromatic heterocycles. The molecule has 0 saturated carbocycles. The number of halogens is 1. The lowest BCUT2D eigenvalue weighted by Crippen LogP contribution is -2.29. The Morgan fingerprint density at radius 3 is 2.36 bits per heavy atom. The van der Waals surface area contributed by atoms with Gasteiger partial charge in [-0.05, 0) is 69.1 Å². The van der Waals surface area contributed by atoms with Crippen molar-refractivity contribution in [3.05, 3.63) is 46.0 Å². The van der Waals surface area contributed by atoms with Gasteiger partial charge in [0.05, 0.1) is 6.10 Å². The van der Waals surface area contributed by atoms with Crippen LogP contribution in [-0.4, -0.2) is 14.1 Å². The van der Waals surface area contributed by atoms with Gasteiger partial charge < -0.3 is 4.43 Å². The Morgan fingerprint density at radius 1 is 1.27 bits per heavy atom. The Morgan fingerprint density at radius 2 is 1.91 bits per heavy atom. The first-order chi connectivity index (χ1) is 10.3. The molecule has 0 radical (unpaired) electrons. The molecule has 22 heavy (non-hydrogen) atoms. The van der Waals surface area contributed by atoms with Crippen LogP contribution in [0.5, 0.6) is 0 Å². The summed E-state index contributed by atoms with van der Waals surface area (Å²) in [6, 6.07) is 8.40. The Labute approximate surface area is 143 Å². The van der Waals surface area contributed by atoms with Gasteiger partial charge in [0.1, 0.15) is 5.78 Å². The van der Waals surface area contributed by atoms with E-state index in [1.54, 1.807) is 6.92 Å². The topological polar surface area (TPSA) is 26.3 Å². The van der Waals surface area contributed by atoms with E-state index in [-0.39, 0.29) is 12.0 Å². The van der Waals surface area contributed by atoms with Crippen LogP contribution < -0.4 is 0 Å². The third kappa shape index (κ3) is 4.90. The minimum atomic E-state index is -1.66. The van der Waals surface area contributed by atoms with Crippen LogP contribution in [0.1, 0.15) is 37.9 Å². The minimum Gasteiger partial charge on any atom is -0.407 e. The summed E-state index contributed by atoms with van der Waals surface area (Å²) in [5, 5.41) is 0. The summed E-state index contributed by atoms with van der Waals surface area (Å²) in [5.74, 6) is 0.503. The Kier molecular flexibility index (Phi) is 5.80. The maximum atomic E-state index is 11.6. The van der Waals surface area contributed by atoms with Crippen molar-refractivity contribution in [2.75, 3.05) is 0 Å². The van der Waals surface area contributed by atoms with Gasteiger partial charge in [-0.25, -0.2) is 0 Å². The lowest BCUT2D eigenvalue weighted by Gasteiger charge is -2.31. The molecule has 2 nitrogen and oxygen atoms in total. The molecule has 0 amide bonds. The highest BCUT2D eigenvalue weighted by Gasteiger charge is 2.28. The Balaban J connectivity index is 2.25. The minimum absolute atomic E-state index is 0.0349. The molecule has 0 unspecified atom stereocenters. The molecule has 1 aromatic carbocycles. The van der Waals surface area contributed by atoms with Crippen molar-refractivity contribution in [2.45, 2.75) is 51.9 Å². The van der Waals surface area contributed by atoms with E-state index in [0.29, 0.717) is 5.78 Å². The fraction of sp³-hybridized carbons (Fsp3) is 0.500. The fourth-order valence-electron chi connectivity index (χ4n) is 2.81. The van der Waals surface area contributed by atoms with Gasteiger partial charge in [0.2, 0.25) is 0 Å². The average molecular weight is 381 g/mol. The van der Waals surface area contributed by atoms with Crippen molar-refractivity contribution in [1.29, 1.82) is 0 Å². The smallest absolute Gasteiger partial charge is 0.185 e. The van der Waals surface area contributed by atoms with Gasteiger partial charge in [-0.1, -0.05) is 34.1 Å². The zero-order chi connectivity index (χ0) is 16.3. The Bertz CT molecular complexity index is 557. The molecule has 1 aliphatic rings. The molecule has 0 saturated heterocycles. The molecule has 2 rings (SSSR count). The molecule has 0 heterocycles. The van der Waals surface area contributed by atoms with Crippen LogP contribution in [0.15, 0.2) is 40.4 Å². The van der Waals surface area contributed by atoms with Crippen molar-refractivity contribution in [1.82, 2.24) is 0 Å². The summed E-state index contributed by atoms with van der Waals surface area (Å²) in [6.07, 6.45) is 5.03. The monoisotopic (exact) mass is 380 g/mol. The van der Waals surface area contributed by atoms with Gasteiger partial charge in [-0.3, -0.25) is 4.79 Å². The predicted molar refractivity (Wildman–Crippen MR) is 97.4 cm³/mol. The second-order valence-electron chi connectivity index (χ2n) is 7.02. The molecule has 0 spiro atoms. The number of Topliss-reactive ketones (excluding diaryl/α,β-unsaturated/α-hetero) is 1. The van der Waals surface area contributed by atoms with Gasteiger partial charge in [0, 0.05) is 10.4 Å².